The SMILES string of the molecule is COc1cc(NC(=O)NC(=O)c2c(F)cccc2F)ccc1-c1ccc(C)s1. The fraction of sp³-hybridized carbons (Fsp3) is 0.100. The highest BCUT2D eigenvalue weighted by Gasteiger charge is 2.19. The van der Waals surface area contributed by atoms with Crippen molar-refractivity contribution < 1.29 is 23.1 Å². The summed E-state index contributed by atoms with van der Waals surface area (Å²) in [6, 6.07) is 11.1. The number of urea groups is 1. The van der Waals surface area contributed by atoms with E-state index in [9.17, 15) is 18.4 Å². The smallest absolute Gasteiger partial charge is 0.326 e. The number of carbonyl (C=O) groups is 2. The van der Waals surface area contributed by atoms with Crippen LogP contribution in [0.1, 0.15) is 15.2 Å². The van der Waals surface area contributed by atoms with Gasteiger partial charge >= 0.3 is 6.03 Å². The van der Waals surface area contributed by atoms with E-state index in [1.54, 1.807) is 29.5 Å². The number of amides is 3. The third-order valence-electron chi connectivity index (χ3n) is 3.88. The maximum absolute atomic E-state index is 13.6. The van der Waals surface area contributed by atoms with Gasteiger partial charge in [0, 0.05) is 27.1 Å². The molecule has 2 aromatic carbocycles. The van der Waals surface area contributed by atoms with E-state index in [0.29, 0.717) is 11.4 Å². The first kappa shape index (κ1) is 19.5. The molecular weight excluding hydrogens is 386 g/mol. The first-order valence-electron chi connectivity index (χ1n) is 8.20. The molecule has 0 unspecified atom stereocenters. The monoisotopic (exact) mass is 402 g/mol. The molecule has 0 aliphatic rings. The summed E-state index contributed by atoms with van der Waals surface area (Å²) in [5, 5.41) is 4.35. The second-order valence-corrected chi connectivity index (χ2v) is 7.12. The van der Waals surface area contributed by atoms with Crippen LogP contribution in [0, 0.1) is 18.6 Å². The zero-order valence-electron chi connectivity index (χ0n) is 15.0. The van der Waals surface area contributed by atoms with Gasteiger partial charge in [0.25, 0.3) is 5.91 Å². The summed E-state index contributed by atoms with van der Waals surface area (Å²) in [5.74, 6) is -2.75. The molecule has 0 saturated heterocycles. The van der Waals surface area contributed by atoms with Crippen molar-refractivity contribution in [2.75, 3.05) is 12.4 Å². The molecule has 0 radical (unpaired) electrons. The van der Waals surface area contributed by atoms with E-state index >= 15 is 0 Å². The zero-order valence-corrected chi connectivity index (χ0v) is 15.8. The standard InChI is InChI=1S/C20H16F2N2O3S/c1-11-6-9-17(28-11)13-8-7-12(10-16(13)27-2)23-20(26)24-19(25)18-14(21)4-3-5-15(18)22/h3-10H,1-2H3,(H2,23,24,25,26). The number of hydrogen-bond acceptors (Lipinski definition) is 4. The molecule has 3 rings (SSSR count). The van der Waals surface area contributed by atoms with Gasteiger partial charge in [-0.15, -0.1) is 11.3 Å². The van der Waals surface area contributed by atoms with E-state index in [-0.39, 0.29) is 0 Å². The van der Waals surface area contributed by atoms with Gasteiger partial charge in [0.15, 0.2) is 0 Å². The highest BCUT2D eigenvalue weighted by Crippen LogP contribution is 2.36. The van der Waals surface area contributed by atoms with Gasteiger partial charge in [-0.3, -0.25) is 10.1 Å². The Labute approximate surface area is 164 Å². The third kappa shape index (κ3) is 4.17. The van der Waals surface area contributed by atoms with Crippen LogP contribution in [0.4, 0.5) is 19.3 Å². The van der Waals surface area contributed by atoms with Gasteiger partial charge in [0.1, 0.15) is 22.9 Å². The molecule has 1 aromatic heterocycles. The van der Waals surface area contributed by atoms with Crippen LogP contribution in [0.25, 0.3) is 10.4 Å². The molecule has 3 aromatic rings. The minimum atomic E-state index is -1.18. The van der Waals surface area contributed by atoms with E-state index < -0.39 is 29.1 Å². The molecule has 1 heterocycles. The number of ether oxygens (including phenoxy) is 1. The number of benzene rings is 2. The molecule has 0 atom stereocenters. The van der Waals surface area contributed by atoms with Crippen molar-refractivity contribution in [1.82, 2.24) is 5.32 Å². The molecule has 3 amide bonds. The lowest BCUT2D eigenvalue weighted by Crippen LogP contribution is -2.35. The van der Waals surface area contributed by atoms with Gasteiger partial charge in [0.05, 0.1) is 7.11 Å². The molecule has 0 spiro atoms. The number of rotatable bonds is 4. The first-order valence-corrected chi connectivity index (χ1v) is 9.02. The molecule has 0 aliphatic heterocycles. The Balaban J connectivity index is 1.74. The summed E-state index contributed by atoms with van der Waals surface area (Å²) < 4.78 is 32.7. The van der Waals surface area contributed by atoms with Crippen LogP contribution in [0.2, 0.25) is 0 Å². The minimum Gasteiger partial charge on any atom is -0.496 e. The number of carbonyl (C=O) groups excluding carboxylic acids is 2. The number of thiophene rings is 1. The second kappa shape index (κ2) is 8.18. The lowest BCUT2D eigenvalue weighted by Gasteiger charge is -2.11. The molecule has 0 bridgehead atoms. The summed E-state index contributed by atoms with van der Waals surface area (Å²) in [6.07, 6.45) is 0. The molecule has 8 heteroatoms. The number of aryl methyl sites for hydroxylation is 1. The average Bonchev–Trinajstić information content (AvgIpc) is 3.07. The number of methoxy groups -OCH3 is 1. The van der Waals surface area contributed by atoms with Gasteiger partial charge in [0.2, 0.25) is 0 Å². The van der Waals surface area contributed by atoms with Crippen molar-refractivity contribution in [3.05, 3.63) is 70.6 Å². The Kier molecular flexibility index (Phi) is 5.70. The van der Waals surface area contributed by atoms with E-state index in [1.807, 2.05) is 24.4 Å². The van der Waals surface area contributed by atoms with Crippen molar-refractivity contribution in [3.63, 3.8) is 0 Å². The van der Waals surface area contributed by atoms with E-state index in [0.717, 1.165) is 33.5 Å². The second-order valence-electron chi connectivity index (χ2n) is 5.83. The summed E-state index contributed by atoms with van der Waals surface area (Å²) >= 11 is 1.60. The Bertz CT molecular complexity index is 1030. The molecule has 144 valence electrons. The molecular formula is C20H16F2N2O3S. The molecule has 5 nitrogen and oxygen atoms in total. The van der Waals surface area contributed by atoms with Crippen molar-refractivity contribution in [3.8, 4) is 16.2 Å². The maximum Gasteiger partial charge on any atom is 0.326 e. The fourth-order valence-corrected chi connectivity index (χ4v) is 3.49. The topological polar surface area (TPSA) is 67.4 Å². The largest absolute Gasteiger partial charge is 0.496 e. The highest BCUT2D eigenvalue weighted by molar-refractivity contribution is 7.15. The Morgan fingerprint density at radius 3 is 2.36 bits per heavy atom. The van der Waals surface area contributed by atoms with Gasteiger partial charge in [-0.25, -0.2) is 13.6 Å². The number of anilines is 1. The van der Waals surface area contributed by atoms with Crippen LogP contribution in [0.15, 0.2) is 48.5 Å². The Hall–Kier alpha value is -3.26. The molecule has 0 fully saturated rings. The van der Waals surface area contributed by atoms with Crippen molar-refractivity contribution in [2.24, 2.45) is 0 Å². The van der Waals surface area contributed by atoms with Crippen molar-refractivity contribution in [1.29, 1.82) is 0 Å². The van der Waals surface area contributed by atoms with Gasteiger partial charge < -0.3 is 10.1 Å². The van der Waals surface area contributed by atoms with Crippen molar-refractivity contribution in [2.45, 2.75) is 6.92 Å². The zero-order chi connectivity index (χ0) is 20.3. The van der Waals surface area contributed by atoms with Crippen LogP contribution in [-0.2, 0) is 0 Å². The molecule has 0 saturated carbocycles. The van der Waals surface area contributed by atoms with Gasteiger partial charge in [-0.05, 0) is 43.3 Å². The number of hydrogen-bond donors (Lipinski definition) is 2. The lowest BCUT2D eigenvalue weighted by molar-refractivity contribution is 0.0959. The van der Waals surface area contributed by atoms with Crippen LogP contribution in [0.3, 0.4) is 0 Å². The fourth-order valence-electron chi connectivity index (χ4n) is 2.59. The Morgan fingerprint density at radius 1 is 1.04 bits per heavy atom. The first-order chi connectivity index (χ1) is 13.4. The predicted molar refractivity (Wildman–Crippen MR) is 104 cm³/mol. The van der Waals surface area contributed by atoms with E-state index in [4.69, 9.17) is 4.74 Å². The summed E-state index contributed by atoms with van der Waals surface area (Å²) in [7, 11) is 1.51. The van der Waals surface area contributed by atoms with Crippen LogP contribution in [-0.4, -0.2) is 19.0 Å². The number of imide groups is 1. The van der Waals surface area contributed by atoms with E-state index in [2.05, 4.69) is 5.32 Å². The summed E-state index contributed by atoms with van der Waals surface area (Å²) in [4.78, 5) is 26.2. The Morgan fingerprint density at radius 2 is 1.75 bits per heavy atom. The van der Waals surface area contributed by atoms with Gasteiger partial charge in [-0.2, -0.15) is 0 Å². The molecule has 28 heavy (non-hydrogen) atoms. The van der Waals surface area contributed by atoms with Crippen LogP contribution in [0.5, 0.6) is 5.75 Å². The van der Waals surface area contributed by atoms with Crippen LogP contribution >= 0.6 is 11.3 Å². The normalized spacial score (nSPS) is 10.4. The van der Waals surface area contributed by atoms with Gasteiger partial charge in [-0.1, -0.05) is 6.07 Å². The summed E-state index contributed by atoms with van der Waals surface area (Å²) in [6.45, 7) is 2.00. The average molecular weight is 402 g/mol. The predicted octanol–water partition coefficient (Wildman–Crippen LogP) is 4.97. The van der Waals surface area contributed by atoms with Crippen LogP contribution < -0.4 is 15.4 Å². The minimum absolute atomic E-state index is 0.355. The highest BCUT2D eigenvalue weighted by atomic mass is 32.1. The molecule has 2 N–H and O–H groups in total. The maximum atomic E-state index is 13.6. The number of halogens is 2. The lowest BCUT2D eigenvalue weighted by atomic mass is 10.1. The van der Waals surface area contributed by atoms with E-state index in [1.165, 1.54) is 7.11 Å². The third-order valence-corrected chi connectivity index (χ3v) is 4.92. The number of nitrogens with one attached hydrogen (secondary N) is 2. The van der Waals surface area contributed by atoms with Crippen molar-refractivity contribution >= 4 is 29.0 Å². The summed E-state index contributed by atoms with van der Waals surface area (Å²) in [5.41, 5.74) is 0.392. The molecule has 0 aliphatic carbocycles. The quantitative estimate of drug-likeness (QED) is 0.647.